The minimum atomic E-state index is -0.844. The second-order valence-electron chi connectivity index (χ2n) is 7.60. The molecule has 0 radical (unpaired) electrons. The zero-order chi connectivity index (χ0) is 21.0. The monoisotopic (exact) mass is 403 g/mol. The fourth-order valence-electron chi connectivity index (χ4n) is 4.24. The van der Waals surface area contributed by atoms with Crippen molar-refractivity contribution >= 4 is 11.8 Å². The number of amides is 2. The van der Waals surface area contributed by atoms with Crippen molar-refractivity contribution in [2.24, 2.45) is 0 Å². The summed E-state index contributed by atoms with van der Waals surface area (Å²) in [6.07, 6.45) is 8.42. The Bertz CT molecular complexity index is 1020. The molecule has 4 rings (SSSR count). The first-order chi connectivity index (χ1) is 14.6. The number of benzene rings is 1. The van der Waals surface area contributed by atoms with Crippen molar-refractivity contribution in [2.75, 3.05) is 20.1 Å². The predicted octanol–water partition coefficient (Wildman–Crippen LogP) is 2.25. The minimum absolute atomic E-state index is 0.0605. The van der Waals surface area contributed by atoms with Crippen LogP contribution in [0.3, 0.4) is 0 Å². The highest BCUT2D eigenvalue weighted by atomic mass is 16.2. The first kappa shape index (κ1) is 19.8. The number of imidazole rings is 1. The number of carbonyl (C=O) groups is 2. The summed E-state index contributed by atoms with van der Waals surface area (Å²) in [6.45, 7) is 1.49. The van der Waals surface area contributed by atoms with Gasteiger partial charge in [-0.15, -0.1) is 0 Å². The molecule has 0 unspecified atom stereocenters. The van der Waals surface area contributed by atoms with Crippen molar-refractivity contribution in [2.45, 2.75) is 24.8 Å². The van der Waals surface area contributed by atoms with Gasteiger partial charge in [-0.2, -0.15) is 0 Å². The van der Waals surface area contributed by atoms with Crippen molar-refractivity contribution in [3.05, 3.63) is 84.2 Å². The molecule has 7 nitrogen and oxygen atoms in total. The van der Waals surface area contributed by atoms with Crippen LogP contribution in [0.2, 0.25) is 0 Å². The maximum absolute atomic E-state index is 13.5. The molecule has 1 saturated heterocycles. The van der Waals surface area contributed by atoms with E-state index in [4.69, 9.17) is 0 Å². The van der Waals surface area contributed by atoms with E-state index in [-0.39, 0.29) is 11.8 Å². The fourth-order valence-corrected chi connectivity index (χ4v) is 4.24. The third kappa shape index (κ3) is 3.70. The predicted molar refractivity (Wildman–Crippen MR) is 113 cm³/mol. The Morgan fingerprint density at radius 1 is 1.13 bits per heavy atom. The normalized spacial score (nSPS) is 18.8. The Hall–Kier alpha value is -3.48. The molecule has 1 aliphatic rings. The summed E-state index contributed by atoms with van der Waals surface area (Å²) >= 11 is 0. The number of nitrogens with zero attached hydrogens (tertiary/aromatic N) is 4. The van der Waals surface area contributed by atoms with E-state index in [1.54, 1.807) is 30.7 Å². The molecule has 7 heteroatoms. The zero-order valence-electron chi connectivity index (χ0n) is 17.0. The Labute approximate surface area is 175 Å². The van der Waals surface area contributed by atoms with E-state index >= 15 is 0 Å². The first-order valence-electron chi connectivity index (χ1n) is 10.1. The summed E-state index contributed by atoms with van der Waals surface area (Å²) in [5.74, 6) is -0.167. The van der Waals surface area contributed by atoms with E-state index in [0.29, 0.717) is 37.3 Å². The maximum Gasteiger partial charge on any atom is 0.254 e. The van der Waals surface area contributed by atoms with Gasteiger partial charge >= 0.3 is 0 Å². The molecule has 0 spiro atoms. The molecular formula is C23H25N5O2. The molecule has 1 fully saturated rings. The van der Waals surface area contributed by atoms with E-state index < -0.39 is 5.41 Å². The average Bonchev–Trinajstić information content (AvgIpc) is 3.32. The lowest BCUT2D eigenvalue weighted by molar-refractivity contribution is -0.128. The molecule has 3 aromatic rings. The van der Waals surface area contributed by atoms with Crippen LogP contribution in [0, 0.1) is 0 Å². The fraction of sp³-hybridized carbons (Fsp3) is 0.304. The van der Waals surface area contributed by atoms with Gasteiger partial charge in [0.1, 0.15) is 5.41 Å². The van der Waals surface area contributed by atoms with Crippen LogP contribution in [0.25, 0.3) is 0 Å². The molecular weight excluding hydrogens is 378 g/mol. The summed E-state index contributed by atoms with van der Waals surface area (Å²) in [5.41, 5.74) is 1.44. The zero-order valence-corrected chi connectivity index (χ0v) is 17.0. The molecule has 30 heavy (non-hydrogen) atoms. The van der Waals surface area contributed by atoms with Gasteiger partial charge < -0.3 is 14.8 Å². The van der Waals surface area contributed by atoms with Crippen LogP contribution in [-0.4, -0.2) is 51.4 Å². The van der Waals surface area contributed by atoms with E-state index in [2.05, 4.69) is 15.3 Å². The molecule has 3 heterocycles. The van der Waals surface area contributed by atoms with E-state index in [1.807, 2.05) is 53.2 Å². The van der Waals surface area contributed by atoms with Gasteiger partial charge in [0.15, 0.2) is 0 Å². The molecule has 2 aromatic heterocycles. The Morgan fingerprint density at radius 2 is 1.97 bits per heavy atom. The third-order valence-electron chi connectivity index (χ3n) is 5.76. The lowest BCUT2D eigenvalue weighted by atomic mass is 9.75. The van der Waals surface area contributed by atoms with Crippen molar-refractivity contribution in [3.8, 4) is 0 Å². The lowest BCUT2D eigenvalue weighted by Gasteiger charge is -2.41. The Balaban J connectivity index is 1.65. The largest absolute Gasteiger partial charge is 0.358 e. The number of rotatable bonds is 5. The maximum atomic E-state index is 13.5. The van der Waals surface area contributed by atoms with Crippen LogP contribution in [0.4, 0.5) is 0 Å². The van der Waals surface area contributed by atoms with Gasteiger partial charge in [-0.1, -0.05) is 24.3 Å². The van der Waals surface area contributed by atoms with Gasteiger partial charge in [-0.25, -0.2) is 4.98 Å². The van der Waals surface area contributed by atoms with Crippen LogP contribution in [0.5, 0.6) is 0 Å². The highest BCUT2D eigenvalue weighted by molar-refractivity contribution is 5.97. The second kappa shape index (κ2) is 8.49. The SMILES string of the molecule is CNC(=O)[C@]1(c2ccccn2)CCCN(C(=O)c2ccccc2Cn2ccnc2)C1. The van der Waals surface area contributed by atoms with Crippen molar-refractivity contribution in [1.82, 2.24) is 24.8 Å². The van der Waals surface area contributed by atoms with Crippen molar-refractivity contribution < 1.29 is 9.59 Å². The van der Waals surface area contributed by atoms with E-state index in [1.165, 1.54) is 0 Å². The summed E-state index contributed by atoms with van der Waals surface area (Å²) in [6, 6.07) is 13.2. The molecule has 0 aliphatic carbocycles. The Kier molecular flexibility index (Phi) is 5.61. The number of aromatic nitrogens is 3. The standard InChI is InChI=1S/C23H25N5O2/c1-24-22(30)23(20-9-4-5-11-26-20)10-6-13-28(16-23)21(29)19-8-3-2-7-18(19)15-27-14-12-25-17-27/h2-5,7-9,11-12,14,17H,6,10,13,15-16H2,1H3,(H,24,30)/t23-/m1/s1. The number of hydrogen-bond donors (Lipinski definition) is 1. The van der Waals surface area contributed by atoms with Crippen LogP contribution >= 0.6 is 0 Å². The van der Waals surface area contributed by atoms with Crippen molar-refractivity contribution in [1.29, 1.82) is 0 Å². The third-order valence-corrected chi connectivity index (χ3v) is 5.76. The molecule has 1 aliphatic heterocycles. The number of pyridine rings is 1. The summed E-state index contributed by atoms with van der Waals surface area (Å²) in [5, 5.41) is 2.79. The van der Waals surface area contributed by atoms with Gasteiger partial charge in [-0.05, 0) is 36.6 Å². The number of likely N-dealkylation sites (tertiary alicyclic amines) is 1. The smallest absolute Gasteiger partial charge is 0.254 e. The van der Waals surface area contributed by atoms with Gasteiger partial charge in [0.05, 0.1) is 12.0 Å². The number of nitrogens with one attached hydrogen (secondary N) is 1. The molecule has 0 bridgehead atoms. The van der Waals surface area contributed by atoms with Gasteiger partial charge in [-0.3, -0.25) is 14.6 Å². The molecule has 0 saturated carbocycles. The van der Waals surface area contributed by atoms with E-state index in [0.717, 1.165) is 12.0 Å². The van der Waals surface area contributed by atoms with Gasteiger partial charge in [0, 0.05) is 50.8 Å². The summed E-state index contributed by atoms with van der Waals surface area (Å²) < 4.78 is 1.94. The second-order valence-corrected chi connectivity index (χ2v) is 7.60. The number of carbonyl (C=O) groups excluding carboxylic acids is 2. The average molecular weight is 403 g/mol. The van der Waals surface area contributed by atoms with Crippen LogP contribution < -0.4 is 5.32 Å². The van der Waals surface area contributed by atoms with Gasteiger partial charge in [0.2, 0.25) is 5.91 Å². The highest BCUT2D eigenvalue weighted by Gasteiger charge is 2.45. The lowest BCUT2D eigenvalue weighted by Crippen LogP contribution is -2.56. The summed E-state index contributed by atoms with van der Waals surface area (Å²) in [7, 11) is 1.63. The highest BCUT2D eigenvalue weighted by Crippen LogP contribution is 2.34. The molecule has 1 atom stereocenters. The Morgan fingerprint density at radius 3 is 2.70 bits per heavy atom. The van der Waals surface area contributed by atoms with E-state index in [9.17, 15) is 9.59 Å². The topological polar surface area (TPSA) is 80.1 Å². The quantitative estimate of drug-likeness (QED) is 0.709. The molecule has 2 amide bonds. The molecule has 154 valence electrons. The summed E-state index contributed by atoms with van der Waals surface area (Å²) in [4.78, 5) is 36.8. The van der Waals surface area contributed by atoms with Crippen LogP contribution in [-0.2, 0) is 16.8 Å². The molecule has 1 aromatic carbocycles. The number of piperidine rings is 1. The first-order valence-corrected chi connectivity index (χ1v) is 10.1. The molecule has 1 N–H and O–H groups in total. The minimum Gasteiger partial charge on any atom is -0.358 e. The van der Waals surface area contributed by atoms with Crippen molar-refractivity contribution in [3.63, 3.8) is 0 Å². The van der Waals surface area contributed by atoms with Gasteiger partial charge in [0.25, 0.3) is 5.91 Å². The van der Waals surface area contributed by atoms with Crippen LogP contribution in [0.1, 0.15) is 34.5 Å². The number of likely N-dealkylation sites (N-methyl/N-ethyl adjacent to an activating group) is 1. The van der Waals surface area contributed by atoms with Crippen LogP contribution in [0.15, 0.2) is 67.4 Å². The number of hydrogen-bond acceptors (Lipinski definition) is 4.